The Morgan fingerprint density at radius 2 is 1.40 bits per heavy atom. The first kappa shape index (κ1) is 14.5. The highest BCUT2D eigenvalue weighted by atomic mass is 16.5. The Balaban J connectivity index is 5.05. The van der Waals surface area contributed by atoms with Gasteiger partial charge < -0.3 is 4.74 Å². The van der Waals surface area contributed by atoms with Crippen LogP contribution in [0.25, 0.3) is 0 Å². The summed E-state index contributed by atoms with van der Waals surface area (Å²) in [7, 11) is 0. The van der Waals surface area contributed by atoms with E-state index >= 15 is 0 Å². The molecular formula is C13H26O2. The van der Waals surface area contributed by atoms with Crippen LogP contribution in [0.3, 0.4) is 0 Å². The van der Waals surface area contributed by atoms with E-state index in [4.69, 9.17) is 4.74 Å². The lowest BCUT2D eigenvalue weighted by Crippen LogP contribution is -2.46. The van der Waals surface area contributed by atoms with Crippen molar-refractivity contribution in [2.75, 3.05) is 0 Å². The lowest BCUT2D eigenvalue weighted by molar-refractivity contribution is -0.170. The molecular weight excluding hydrogens is 188 g/mol. The Kier molecular flexibility index (Phi) is 4.38. The van der Waals surface area contributed by atoms with E-state index in [9.17, 15) is 4.79 Å². The molecule has 0 aliphatic rings. The fraction of sp³-hybridized carbons (Fsp3) is 0.923. The lowest BCUT2D eigenvalue weighted by Gasteiger charge is -2.43. The molecule has 1 unspecified atom stereocenters. The standard InChI is InChI=1S/C13H26O2/c1-9(2)13(8,12(5,6)7)11(14)15-10(3)4/h9-10H,1-8H3. The van der Waals surface area contributed by atoms with Crippen molar-refractivity contribution in [1.82, 2.24) is 0 Å². The topological polar surface area (TPSA) is 26.3 Å². The number of carbonyl (C=O) groups excluding carboxylic acids is 1. The quantitative estimate of drug-likeness (QED) is 0.670. The predicted octanol–water partition coefficient (Wildman–Crippen LogP) is 3.65. The molecule has 0 rings (SSSR count). The van der Waals surface area contributed by atoms with Gasteiger partial charge in [0.1, 0.15) is 0 Å². The second-order valence-electron chi connectivity index (χ2n) is 6.06. The fourth-order valence-corrected chi connectivity index (χ4v) is 1.74. The van der Waals surface area contributed by atoms with E-state index in [1.165, 1.54) is 0 Å². The van der Waals surface area contributed by atoms with Crippen LogP contribution in [0.2, 0.25) is 0 Å². The van der Waals surface area contributed by atoms with Gasteiger partial charge in [0.15, 0.2) is 0 Å². The van der Waals surface area contributed by atoms with Crippen molar-refractivity contribution in [3.05, 3.63) is 0 Å². The summed E-state index contributed by atoms with van der Waals surface area (Å²) in [6.07, 6.45) is -0.0436. The van der Waals surface area contributed by atoms with Crippen molar-refractivity contribution in [3.8, 4) is 0 Å². The van der Waals surface area contributed by atoms with Gasteiger partial charge in [-0.1, -0.05) is 34.6 Å². The van der Waals surface area contributed by atoms with Gasteiger partial charge in [-0.05, 0) is 32.1 Å². The van der Waals surface area contributed by atoms with Crippen molar-refractivity contribution >= 4 is 5.97 Å². The Morgan fingerprint density at radius 3 is 1.60 bits per heavy atom. The predicted molar refractivity (Wildman–Crippen MR) is 63.6 cm³/mol. The van der Waals surface area contributed by atoms with Gasteiger partial charge >= 0.3 is 5.97 Å². The monoisotopic (exact) mass is 214 g/mol. The van der Waals surface area contributed by atoms with Gasteiger partial charge in [-0.15, -0.1) is 0 Å². The molecule has 0 amide bonds. The van der Waals surface area contributed by atoms with E-state index in [0.717, 1.165) is 0 Å². The molecule has 90 valence electrons. The molecule has 0 saturated carbocycles. The van der Waals surface area contributed by atoms with Crippen molar-refractivity contribution in [1.29, 1.82) is 0 Å². The minimum atomic E-state index is -0.433. The van der Waals surface area contributed by atoms with E-state index in [1.807, 2.05) is 20.8 Å². The summed E-state index contributed by atoms with van der Waals surface area (Å²) in [4.78, 5) is 12.1. The van der Waals surface area contributed by atoms with Crippen LogP contribution < -0.4 is 0 Å². The third-order valence-electron chi connectivity index (χ3n) is 3.48. The molecule has 0 bridgehead atoms. The maximum absolute atomic E-state index is 12.1. The molecule has 0 radical (unpaired) electrons. The zero-order chi connectivity index (χ0) is 12.4. The minimum Gasteiger partial charge on any atom is -0.463 e. The molecule has 0 aromatic carbocycles. The van der Waals surface area contributed by atoms with Crippen LogP contribution in [0.5, 0.6) is 0 Å². The van der Waals surface area contributed by atoms with E-state index in [1.54, 1.807) is 0 Å². The first-order valence-corrected chi connectivity index (χ1v) is 5.74. The van der Waals surface area contributed by atoms with Gasteiger partial charge in [0.2, 0.25) is 0 Å². The number of esters is 1. The summed E-state index contributed by atoms with van der Waals surface area (Å²) in [6, 6.07) is 0. The average Bonchev–Trinajstić information content (AvgIpc) is 1.98. The second kappa shape index (κ2) is 4.54. The number of carbonyl (C=O) groups is 1. The number of hydrogen-bond donors (Lipinski definition) is 0. The smallest absolute Gasteiger partial charge is 0.312 e. The van der Waals surface area contributed by atoms with Crippen LogP contribution in [-0.4, -0.2) is 12.1 Å². The van der Waals surface area contributed by atoms with E-state index in [-0.39, 0.29) is 23.4 Å². The van der Waals surface area contributed by atoms with Gasteiger partial charge in [0, 0.05) is 0 Å². The zero-order valence-corrected chi connectivity index (χ0v) is 11.5. The maximum atomic E-state index is 12.1. The SMILES string of the molecule is CC(C)OC(=O)C(C)(C(C)C)C(C)(C)C. The molecule has 1 atom stereocenters. The third kappa shape index (κ3) is 2.96. The van der Waals surface area contributed by atoms with Crippen LogP contribution in [-0.2, 0) is 9.53 Å². The second-order valence-corrected chi connectivity index (χ2v) is 6.06. The largest absolute Gasteiger partial charge is 0.463 e. The number of hydrogen-bond acceptors (Lipinski definition) is 2. The molecule has 0 saturated heterocycles. The van der Waals surface area contributed by atoms with Crippen LogP contribution in [0.15, 0.2) is 0 Å². The normalized spacial score (nSPS) is 16.7. The summed E-state index contributed by atoms with van der Waals surface area (Å²) in [5.41, 5.74) is -0.523. The van der Waals surface area contributed by atoms with Gasteiger partial charge in [0.05, 0.1) is 11.5 Å². The lowest BCUT2D eigenvalue weighted by atomic mass is 9.62. The summed E-state index contributed by atoms with van der Waals surface area (Å²) >= 11 is 0. The number of ether oxygens (including phenoxy) is 1. The molecule has 0 spiro atoms. The van der Waals surface area contributed by atoms with Gasteiger partial charge in [-0.3, -0.25) is 4.79 Å². The van der Waals surface area contributed by atoms with Gasteiger partial charge in [0.25, 0.3) is 0 Å². The van der Waals surface area contributed by atoms with Crippen molar-refractivity contribution in [2.45, 2.75) is 61.5 Å². The fourth-order valence-electron chi connectivity index (χ4n) is 1.74. The average molecular weight is 214 g/mol. The van der Waals surface area contributed by atoms with Crippen molar-refractivity contribution in [2.24, 2.45) is 16.7 Å². The molecule has 0 N–H and O–H groups in total. The molecule has 0 heterocycles. The van der Waals surface area contributed by atoms with E-state index < -0.39 is 5.41 Å². The van der Waals surface area contributed by atoms with Crippen LogP contribution in [0.1, 0.15) is 55.4 Å². The van der Waals surface area contributed by atoms with Crippen molar-refractivity contribution in [3.63, 3.8) is 0 Å². The molecule has 2 nitrogen and oxygen atoms in total. The van der Waals surface area contributed by atoms with Crippen LogP contribution >= 0.6 is 0 Å². The summed E-state index contributed by atoms with van der Waals surface area (Å²) in [6.45, 7) is 16.2. The Morgan fingerprint density at radius 1 is 1.00 bits per heavy atom. The molecule has 0 aliphatic heterocycles. The Bertz CT molecular complexity index is 223. The van der Waals surface area contributed by atoms with Gasteiger partial charge in [-0.2, -0.15) is 0 Å². The molecule has 0 aromatic rings. The van der Waals surface area contributed by atoms with Crippen LogP contribution in [0, 0.1) is 16.7 Å². The maximum Gasteiger partial charge on any atom is 0.312 e. The third-order valence-corrected chi connectivity index (χ3v) is 3.48. The van der Waals surface area contributed by atoms with Crippen molar-refractivity contribution < 1.29 is 9.53 Å². The highest BCUT2D eigenvalue weighted by Gasteiger charge is 2.48. The Hall–Kier alpha value is -0.530. The summed E-state index contributed by atoms with van der Waals surface area (Å²) in [5, 5.41) is 0. The van der Waals surface area contributed by atoms with E-state index in [0.29, 0.717) is 0 Å². The first-order valence-electron chi connectivity index (χ1n) is 5.74. The minimum absolute atomic E-state index is 0.0436. The summed E-state index contributed by atoms with van der Waals surface area (Å²) in [5.74, 6) is 0.184. The first-order chi connectivity index (χ1) is 6.53. The molecule has 15 heavy (non-hydrogen) atoms. The Labute approximate surface area is 94.4 Å². The summed E-state index contributed by atoms with van der Waals surface area (Å²) < 4.78 is 5.36. The van der Waals surface area contributed by atoms with Gasteiger partial charge in [-0.25, -0.2) is 0 Å². The number of rotatable bonds is 3. The molecule has 0 aliphatic carbocycles. The zero-order valence-electron chi connectivity index (χ0n) is 11.5. The van der Waals surface area contributed by atoms with Crippen LogP contribution in [0.4, 0.5) is 0 Å². The molecule has 0 aromatic heterocycles. The highest BCUT2D eigenvalue weighted by molar-refractivity contribution is 5.77. The van der Waals surface area contributed by atoms with E-state index in [2.05, 4.69) is 34.6 Å². The molecule has 0 fully saturated rings. The molecule has 2 heteroatoms. The highest BCUT2D eigenvalue weighted by Crippen LogP contribution is 2.45.